The van der Waals surface area contributed by atoms with Gasteiger partial charge in [0, 0.05) is 19.4 Å². The van der Waals surface area contributed by atoms with E-state index in [-0.39, 0.29) is 25.2 Å². The maximum absolute atomic E-state index is 12.6. The van der Waals surface area contributed by atoms with Gasteiger partial charge in [-0.05, 0) is 70.6 Å². The van der Waals surface area contributed by atoms with Gasteiger partial charge in [0.05, 0.1) is 6.61 Å². The van der Waals surface area contributed by atoms with Crippen molar-refractivity contribution in [3.8, 4) is 0 Å². The van der Waals surface area contributed by atoms with Gasteiger partial charge >= 0.3 is 11.9 Å². The molecule has 0 fully saturated rings. The lowest BCUT2D eigenvalue weighted by Crippen LogP contribution is -2.30. The lowest BCUT2D eigenvalue weighted by atomic mass is 10.1. The van der Waals surface area contributed by atoms with E-state index < -0.39 is 6.10 Å². The Labute approximate surface area is 336 Å². The van der Waals surface area contributed by atoms with Crippen LogP contribution in [0.1, 0.15) is 239 Å². The Hall–Kier alpha value is -1.88. The minimum absolute atomic E-state index is 0.0838. The maximum Gasteiger partial charge on any atom is 0.306 e. The Morgan fingerprint density at radius 3 is 1.33 bits per heavy atom. The van der Waals surface area contributed by atoms with Gasteiger partial charge in [-0.25, -0.2) is 0 Å². The summed E-state index contributed by atoms with van der Waals surface area (Å²) in [5, 5.41) is 0. The lowest BCUT2D eigenvalue weighted by molar-refractivity contribution is -0.163. The second-order valence-electron chi connectivity index (χ2n) is 15.7. The number of hydrogen-bond acceptors (Lipinski definition) is 5. The first-order chi connectivity index (χ1) is 26.6. The molecule has 1 unspecified atom stereocenters. The Balaban J connectivity index is 4.09. The molecule has 0 aliphatic rings. The van der Waals surface area contributed by atoms with Gasteiger partial charge in [-0.15, -0.1) is 0 Å². The van der Waals surface area contributed by atoms with E-state index in [9.17, 15) is 9.59 Å². The van der Waals surface area contributed by atoms with E-state index in [1.807, 2.05) is 0 Å². The molecule has 0 radical (unpaired) electrons. The maximum atomic E-state index is 12.6. The molecule has 1 atom stereocenters. The van der Waals surface area contributed by atoms with Gasteiger partial charge in [-0.1, -0.05) is 192 Å². The monoisotopic (exact) mass is 759 g/mol. The number of carbonyl (C=O) groups excluding carboxylic acids is 2. The quantitative estimate of drug-likeness (QED) is 0.0352. The van der Waals surface area contributed by atoms with Crippen molar-refractivity contribution >= 4 is 11.9 Å². The van der Waals surface area contributed by atoms with Crippen LogP contribution in [-0.4, -0.2) is 37.9 Å². The van der Waals surface area contributed by atoms with Crippen LogP contribution in [0.5, 0.6) is 0 Å². The molecule has 0 saturated carbocycles. The topological polar surface area (TPSA) is 61.8 Å². The first kappa shape index (κ1) is 52.1. The van der Waals surface area contributed by atoms with E-state index in [1.54, 1.807) is 0 Å². The fourth-order valence-electron chi connectivity index (χ4n) is 6.58. The molecule has 0 heterocycles. The van der Waals surface area contributed by atoms with Gasteiger partial charge in [0.1, 0.15) is 6.61 Å². The molecule has 0 aromatic heterocycles. The van der Waals surface area contributed by atoms with Crippen LogP contribution < -0.4 is 0 Å². The molecular formula is C49H90O5. The Morgan fingerprint density at radius 2 is 0.796 bits per heavy atom. The van der Waals surface area contributed by atoms with Crippen LogP contribution in [-0.2, 0) is 23.8 Å². The number of carbonyl (C=O) groups is 2. The van der Waals surface area contributed by atoms with Crippen molar-refractivity contribution in [2.45, 2.75) is 245 Å². The van der Waals surface area contributed by atoms with Gasteiger partial charge in [0.2, 0.25) is 0 Å². The first-order valence-corrected chi connectivity index (χ1v) is 23.5. The molecule has 0 N–H and O–H groups in total. The Kier molecular flexibility index (Phi) is 43.9. The van der Waals surface area contributed by atoms with Crippen molar-refractivity contribution < 1.29 is 23.8 Å². The molecule has 0 spiro atoms. The third-order valence-corrected chi connectivity index (χ3v) is 10.1. The first-order valence-electron chi connectivity index (χ1n) is 23.5. The van der Waals surface area contributed by atoms with Crippen molar-refractivity contribution in [2.24, 2.45) is 0 Å². The molecule has 0 amide bonds. The zero-order valence-corrected chi connectivity index (χ0v) is 36.2. The standard InChI is InChI=1S/C49H90O5/c1-4-7-10-13-16-18-20-22-23-24-25-26-27-28-29-31-34-36-39-42-48(50)53-46-47(54-49(51)43-40-37-33-15-12-9-6-3)45-52-44-41-38-35-32-30-21-19-17-14-11-8-5-2/h14,16-18,22-23,47H,4-13,15,19-21,24-46H2,1-3H3/b17-14-,18-16-,23-22-. The second-order valence-corrected chi connectivity index (χ2v) is 15.7. The van der Waals surface area contributed by atoms with Gasteiger partial charge in [-0.2, -0.15) is 0 Å². The summed E-state index contributed by atoms with van der Waals surface area (Å²) in [6, 6.07) is 0. The van der Waals surface area contributed by atoms with Crippen molar-refractivity contribution in [3.05, 3.63) is 36.5 Å². The summed E-state index contributed by atoms with van der Waals surface area (Å²) >= 11 is 0. The molecule has 0 aromatic rings. The SMILES string of the molecule is CCCC/C=C\CCCCCCCCOCC(COC(=O)CCCCCCCCCCC/C=C\C/C=C\CCCCC)OC(=O)CCCCCCCCC. The number of hydrogen-bond donors (Lipinski definition) is 0. The summed E-state index contributed by atoms with van der Waals surface area (Å²) in [4.78, 5) is 25.1. The summed E-state index contributed by atoms with van der Waals surface area (Å²) in [5.41, 5.74) is 0. The second kappa shape index (κ2) is 45.5. The average molecular weight is 759 g/mol. The molecular weight excluding hydrogens is 669 g/mol. The minimum Gasteiger partial charge on any atom is -0.462 e. The molecule has 316 valence electrons. The van der Waals surface area contributed by atoms with Crippen LogP contribution in [0.25, 0.3) is 0 Å². The van der Waals surface area contributed by atoms with Crippen molar-refractivity contribution in [2.75, 3.05) is 19.8 Å². The summed E-state index contributed by atoms with van der Waals surface area (Å²) in [6.45, 7) is 7.74. The highest BCUT2D eigenvalue weighted by atomic mass is 16.6. The van der Waals surface area contributed by atoms with E-state index in [0.717, 1.165) is 44.9 Å². The number of unbranched alkanes of at least 4 members (excludes halogenated alkanes) is 26. The molecule has 0 aliphatic carbocycles. The summed E-state index contributed by atoms with van der Waals surface area (Å²) in [5.74, 6) is -0.404. The third kappa shape index (κ3) is 42.9. The van der Waals surface area contributed by atoms with Crippen LogP contribution in [0.2, 0.25) is 0 Å². The Morgan fingerprint density at radius 1 is 0.407 bits per heavy atom. The highest BCUT2D eigenvalue weighted by Crippen LogP contribution is 2.14. The third-order valence-electron chi connectivity index (χ3n) is 10.1. The molecule has 0 aliphatic heterocycles. The van der Waals surface area contributed by atoms with Crippen LogP contribution >= 0.6 is 0 Å². The van der Waals surface area contributed by atoms with Crippen LogP contribution in [0.3, 0.4) is 0 Å². The van der Waals surface area contributed by atoms with Crippen molar-refractivity contribution in [3.63, 3.8) is 0 Å². The fraction of sp³-hybridized carbons (Fsp3) is 0.837. The van der Waals surface area contributed by atoms with Crippen LogP contribution in [0.15, 0.2) is 36.5 Å². The van der Waals surface area contributed by atoms with Crippen LogP contribution in [0, 0.1) is 0 Å². The zero-order chi connectivity index (χ0) is 39.3. The smallest absolute Gasteiger partial charge is 0.306 e. The average Bonchev–Trinajstić information content (AvgIpc) is 3.17. The van der Waals surface area contributed by atoms with E-state index in [1.165, 1.54) is 161 Å². The predicted octanol–water partition coefficient (Wildman–Crippen LogP) is 15.4. The van der Waals surface area contributed by atoms with Crippen LogP contribution in [0.4, 0.5) is 0 Å². The van der Waals surface area contributed by atoms with Gasteiger partial charge in [-0.3, -0.25) is 9.59 Å². The molecule has 54 heavy (non-hydrogen) atoms. The largest absolute Gasteiger partial charge is 0.462 e. The van der Waals surface area contributed by atoms with Crippen molar-refractivity contribution in [1.82, 2.24) is 0 Å². The molecule has 0 bridgehead atoms. The normalized spacial score (nSPS) is 12.4. The molecule has 0 aromatic carbocycles. The lowest BCUT2D eigenvalue weighted by Gasteiger charge is -2.18. The molecule has 5 heteroatoms. The number of esters is 2. The Bertz CT molecular complexity index is 862. The van der Waals surface area contributed by atoms with E-state index in [4.69, 9.17) is 14.2 Å². The zero-order valence-electron chi connectivity index (χ0n) is 36.2. The van der Waals surface area contributed by atoms with Gasteiger partial charge < -0.3 is 14.2 Å². The van der Waals surface area contributed by atoms with Gasteiger partial charge in [0.25, 0.3) is 0 Å². The fourth-order valence-corrected chi connectivity index (χ4v) is 6.58. The number of rotatable bonds is 43. The minimum atomic E-state index is -0.533. The molecule has 5 nitrogen and oxygen atoms in total. The van der Waals surface area contributed by atoms with E-state index in [0.29, 0.717) is 19.4 Å². The predicted molar refractivity (Wildman–Crippen MR) is 233 cm³/mol. The number of ether oxygens (including phenoxy) is 3. The number of allylic oxidation sites excluding steroid dienone is 6. The van der Waals surface area contributed by atoms with E-state index in [2.05, 4.69) is 57.2 Å². The van der Waals surface area contributed by atoms with E-state index >= 15 is 0 Å². The summed E-state index contributed by atoms with van der Waals surface area (Å²) in [7, 11) is 0. The summed E-state index contributed by atoms with van der Waals surface area (Å²) in [6.07, 6.45) is 52.9. The van der Waals surface area contributed by atoms with Gasteiger partial charge in [0.15, 0.2) is 6.10 Å². The van der Waals surface area contributed by atoms with Crippen molar-refractivity contribution in [1.29, 1.82) is 0 Å². The highest BCUT2D eigenvalue weighted by molar-refractivity contribution is 5.70. The summed E-state index contributed by atoms with van der Waals surface area (Å²) < 4.78 is 17.3. The molecule has 0 saturated heterocycles. The molecule has 0 rings (SSSR count). The highest BCUT2D eigenvalue weighted by Gasteiger charge is 2.17.